The molecule has 5 heteroatoms. The summed E-state index contributed by atoms with van der Waals surface area (Å²) in [6.45, 7) is 3.72. The molecule has 3 nitrogen and oxygen atoms in total. The van der Waals surface area contributed by atoms with Crippen LogP contribution in [-0.2, 0) is 10.0 Å². The number of aryl methyl sites for hydroxylation is 1. The van der Waals surface area contributed by atoms with Crippen molar-refractivity contribution in [1.29, 1.82) is 0 Å². The Morgan fingerprint density at radius 1 is 1.44 bits per heavy atom. The highest BCUT2D eigenvalue weighted by Crippen LogP contribution is 2.13. The summed E-state index contributed by atoms with van der Waals surface area (Å²) in [6, 6.07) is 7.26. The lowest BCUT2D eigenvalue weighted by Crippen LogP contribution is -2.22. The Morgan fingerprint density at radius 2 is 2.12 bits per heavy atom. The summed E-state index contributed by atoms with van der Waals surface area (Å²) in [5.41, 5.74) is 1.62. The van der Waals surface area contributed by atoms with Gasteiger partial charge in [-0.1, -0.05) is 19.1 Å². The highest BCUT2D eigenvalue weighted by Gasteiger charge is 2.14. The fourth-order valence-corrected chi connectivity index (χ4v) is 3.02. The normalized spacial score (nSPS) is 13.4. The molecule has 0 saturated carbocycles. The second-order valence-electron chi connectivity index (χ2n) is 4.01. The van der Waals surface area contributed by atoms with Gasteiger partial charge in [-0.05, 0) is 30.5 Å². The van der Waals surface area contributed by atoms with Gasteiger partial charge in [0.15, 0.2) is 0 Å². The van der Waals surface area contributed by atoms with Gasteiger partial charge in [0.25, 0.3) is 0 Å². The smallest absolute Gasteiger partial charge is 0.233 e. The Hall–Kier alpha value is -0.740. The zero-order chi connectivity index (χ0) is 12.2. The molecule has 1 aromatic carbocycles. The number of anilines is 1. The van der Waals surface area contributed by atoms with Crippen LogP contribution in [0.3, 0.4) is 0 Å². The summed E-state index contributed by atoms with van der Waals surface area (Å²) in [7, 11) is -3.30. The van der Waals surface area contributed by atoms with E-state index in [-0.39, 0.29) is 11.7 Å². The number of hydrogen-bond acceptors (Lipinski definition) is 2. The van der Waals surface area contributed by atoms with E-state index in [4.69, 9.17) is 11.6 Å². The van der Waals surface area contributed by atoms with Crippen LogP contribution in [0.15, 0.2) is 24.3 Å². The first-order chi connectivity index (χ1) is 7.43. The predicted octanol–water partition coefficient (Wildman–Crippen LogP) is 2.61. The van der Waals surface area contributed by atoms with Gasteiger partial charge in [0, 0.05) is 11.6 Å². The number of alkyl halides is 1. The minimum absolute atomic E-state index is 0.0461. The quantitative estimate of drug-likeness (QED) is 0.829. The number of halogens is 1. The highest BCUT2D eigenvalue weighted by atomic mass is 35.5. The third-order valence-electron chi connectivity index (χ3n) is 2.06. The summed E-state index contributed by atoms with van der Waals surface area (Å²) in [5.74, 6) is 0.336. The molecule has 0 saturated heterocycles. The van der Waals surface area contributed by atoms with E-state index in [0.29, 0.717) is 11.6 Å². The minimum Gasteiger partial charge on any atom is -0.284 e. The van der Waals surface area contributed by atoms with E-state index in [0.717, 1.165) is 5.56 Å². The maximum Gasteiger partial charge on any atom is 0.233 e. The van der Waals surface area contributed by atoms with Crippen LogP contribution in [0, 0.1) is 12.8 Å². The number of nitrogens with one attached hydrogen (secondary N) is 1. The van der Waals surface area contributed by atoms with Crippen LogP contribution in [0.5, 0.6) is 0 Å². The molecule has 1 unspecified atom stereocenters. The topological polar surface area (TPSA) is 46.2 Å². The summed E-state index contributed by atoms with van der Waals surface area (Å²) in [6.07, 6.45) is 0. The summed E-state index contributed by atoms with van der Waals surface area (Å²) >= 11 is 5.59. The van der Waals surface area contributed by atoms with Crippen molar-refractivity contribution >= 4 is 27.3 Å². The lowest BCUT2D eigenvalue weighted by atomic mass is 10.2. The van der Waals surface area contributed by atoms with Crippen LogP contribution < -0.4 is 4.72 Å². The van der Waals surface area contributed by atoms with E-state index in [1.165, 1.54) is 0 Å². The van der Waals surface area contributed by atoms with Crippen molar-refractivity contribution in [3.63, 3.8) is 0 Å². The fourth-order valence-electron chi connectivity index (χ4n) is 1.35. The van der Waals surface area contributed by atoms with Gasteiger partial charge in [0.05, 0.1) is 5.75 Å². The van der Waals surface area contributed by atoms with E-state index in [2.05, 4.69) is 4.72 Å². The molecule has 0 spiro atoms. The lowest BCUT2D eigenvalue weighted by Gasteiger charge is -2.11. The average Bonchev–Trinajstić information content (AvgIpc) is 2.15. The molecule has 0 amide bonds. The van der Waals surface area contributed by atoms with Gasteiger partial charge in [-0.3, -0.25) is 4.72 Å². The zero-order valence-corrected chi connectivity index (χ0v) is 11.0. The average molecular weight is 262 g/mol. The first kappa shape index (κ1) is 13.3. The van der Waals surface area contributed by atoms with E-state index >= 15 is 0 Å². The largest absolute Gasteiger partial charge is 0.284 e. The van der Waals surface area contributed by atoms with Crippen LogP contribution in [-0.4, -0.2) is 20.1 Å². The van der Waals surface area contributed by atoms with Crippen molar-refractivity contribution in [2.75, 3.05) is 16.4 Å². The Balaban J connectivity index is 2.73. The van der Waals surface area contributed by atoms with E-state index in [1.807, 2.05) is 26.0 Å². The monoisotopic (exact) mass is 261 g/mol. The number of hydrogen-bond donors (Lipinski definition) is 1. The zero-order valence-electron chi connectivity index (χ0n) is 9.40. The molecule has 1 N–H and O–H groups in total. The van der Waals surface area contributed by atoms with Crippen molar-refractivity contribution in [3.8, 4) is 0 Å². The van der Waals surface area contributed by atoms with Gasteiger partial charge in [-0.25, -0.2) is 8.42 Å². The van der Waals surface area contributed by atoms with Crippen molar-refractivity contribution in [2.45, 2.75) is 13.8 Å². The second-order valence-corrected chi connectivity index (χ2v) is 6.09. The molecule has 0 heterocycles. The molecule has 0 aliphatic rings. The second kappa shape index (κ2) is 5.55. The summed E-state index contributed by atoms with van der Waals surface area (Å²) in [5, 5.41) is 0. The molecule has 1 rings (SSSR count). The molecule has 0 aliphatic carbocycles. The summed E-state index contributed by atoms with van der Waals surface area (Å²) in [4.78, 5) is 0. The highest BCUT2D eigenvalue weighted by molar-refractivity contribution is 7.92. The molecule has 90 valence electrons. The van der Waals surface area contributed by atoms with Crippen LogP contribution in [0.1, 0.15) is 12.5 Å². The standard InChI is InChI=1S/C11H16ClNO2S/c1-9-4-3-5-11(6-9)13-16(14,15)8-10(2)7-12/h3-6,10,13H,7-8H2,1-2H3. The first-order valence-corrected chi connectivity index (χ1v) is 7.25. The molecule has 0 fully saturated rings. The fraction of sp³-hybridized carbons (Fsp3) is 0.455. The van der Waals surface area contributed by atoms with Gasteiger partial charge in [-0.15, -0.1) is 11.6 Å². The van der Waals surface area contributed by atoms with Crippen molar-refractivity contribution < 1.29 is 8.42 Å². The molecule has 16 heavy (non-hydrogen) atoms. The van der Waals surface area contributed by atoms with Gasteiger partial charge in [-0.2, -0.15) is 0 Å². The van der Waals surface area contributed by atoms with Crippen LogP contribution in [0.2, 0.25) is 0 Å². The van der Waals surface area contributed by atoms with Gasteiger partial charge in [0.1, 0.15) is 0 Å². The minimum atomic E-state index is -3.30. The van der Waals surface area contributed by atoms with Crippen molar-refractivity contribution in [1.82, 2.24) is 0 Å². The van der Waals surface area contributed by atoms with Crippen LogP contribution in [0.4, 0.5) is 5.69 Å². The Bertz CT molecular complexity index is 445. The van der Waals surface area contributed by atoms with Gasteiger partial charge < -0.3 is 0 Å². The third kappa shape index (κ3) is 4.41. The first-order valence-electron chi connectivity index (χ1n) is 5.06. The maximum atomic E-state index is 11.7. The maximum absolute atomic E-state index is 11.7. The Labute approximate surface area is 102 Å². The number of rotatable bonds is 5. The Kier molecular flexibility index (Phi) is 4.62. The summed E-state index contributed by atoms with van der Waals surface area (Å²) < 4.78 is 26.0. The molecule has 1 aromatic rings. The SMILES string of the molecule is Cc1cccc(NS(=O)(=O)CC(C)CCl)c1. The Morgan fingerprint density at radius 3 is 2.69 bits per heavy atom. The molecule has 0 bridgehead atoms. The van der Waals surface area contributed by atoms with Crippen molar-refractivity contribution in [3.05, 3.63) is 29.8 Å². The molecular weight excluding hydrogens is 246 g/mol. The van der Waals surface area contributed by atoms with Gasteiger partial charge >= 0.3 is 0 Å². The molecule has 1 atom stereocenters. The predicted molar refractivity (Wildman–Crippen MR) is 68.5 cm³/mol. The number of benzene rings is 1. The molecule has 0 aliphatic heterocycles. The van der Waals surface area contributed by atoms with Gasteiger partial charge in [0.2, 0.25) is 10.0 Å². The van der Waals surface area contributed by atoms with E-state index < -0.39 is 10.0 Å². The van der Waals surface area contributed by atoms with E-state index in [1.54, 1.807) is 12.1 Å². The molecule has 0 aromatic heterocycles. The van der Waals surface area contributed by atoms with Crippen molar-refractivity contribution in [2.24, 2.45) is 5.92 Å². The van der Waals surface area contributed by atoms with Crippen LogP contribution in [0.25, 0.3) is 0 Å². The molecular formula is C11H16ClNO2S. The third-order valence-corrected chi connectivity index (χ3v) is 4.14. The van der Waals surface area contributed by atoms with E-state index in [9.17, 15) is 8.42 Å². The lowest BCUT2D eigenvalue weighted by molar-refractivity contribution is 0.588. The van der Waals surface area contributed by atoms with Crippen LogP contribution >= 0.6 is 11.6 Å². The molecule has 0 radical (unpaired) electrons. The number of sulfonamides is 1.